The number of fused-ring (bicyclic) bond motifs is 1. The molecule has 17 heavy (non-hydrogen) atoms. The first kappa shape index (κ1) is 11.7. The summed E-state index contributed by atoms with van der Waals surface area (Å²) in [5.74, 6) is -0.523. The van der Waals surface area contributed by atoms with Gasteiger partial charge in [-0.05, 0) is 6.92 Å². The van der Waals surface area contributed by atoms with Gasteiger partial charge in [0.05, 0.1) is 6.61 Å². The Morgan fingerprint density at radius 3 is 3.18 bits per heavy atom. The topological polar surface area (TPSA) is 83.7 Å². The van der Waals surface area contributed by atoms with Crippen molar-refractivity contribution in [2.45, 2.75) is 13.0 Å². The van der Waals surface area contributed by atoms with E-state index in [0.717, 1.165) is 0 Å². The fraction of sp³-hybridized carbons (Fsp3) is 0.300. The summed E-state index contributed by atoms with van der Waals surface area (Å²) in [5.41, 5.74) is -0.430. The molecule has 0 spiro atoms. The lowest BCUT2D eigenvalue weighted by Crippen LogP contribution is -2.38. The van der Waals surface area contributed by atoms with Gasteiger partial charge in [0.15, 0.2) is 4.96 Å². The van der Waals surface area contributed by atoms with Crippen LogP contribution in [0.4, 0.5) is 0 Å². The van der Waals surface area contributed by atoms with Crippen molar-refractivity contribution in [3.63, 3.8) is 0 Å². The van der Waals surface area contributed by atoms with E-state index in [2.05, 4.69) is 10.3 Å². The molecule has 0 aliphatic heterocycles. The molecule has 0 bridgehead atoms. The van der Waals surface area contributed by atoms with Gasteiger partial charge in [-0.3, -0.25) is 14.0 Å². The molecule has 0 aliphatic carbocycles. The molecular weight excluding hydrogens is 242 g/mol. The lowest BCUT2D eigenvalue weighted by atomic mass is 10.3. The maximum absolute atomic E-state index is 11.9. The van der Waals surface area contributed by atoms with Crippen LogP contribution in [0.2, 0.25) is 0 Å². The van der Waals surface area contributed by atoms with E-state index in [9.17, 15) is 9.59 Å². The largest absolute Gasteiger partial charge is 0.394 e. The number of nitrogens with one attached hydrogen (secondary N) is 1. The number of aliphatic hydroxyl groups excluding tert-OH is 1. The number of carbonyl (C=O) groups is 1. The summed E-state index contributed by atoms with van der Waals surface area (Å²) in [7, 11) is 0. The molecule has 1 amide bonds. The minimum atomic E-state index is -0.523. The number of hydrogen-bond acceptors (Lipinski definition) is 5. The van der Waals surface area contributed by atoms with E-state index < -0.39 is 17.5 Å². The summed E-state index contributed by atoms with van der Waals surface area (Å²) in [6, 6.07) is -0.398. The minimum Gasteiger partial charge on any atom is -0.394 e. The molecule has 1 atom stereocenters. The average Bonchev–Trinajstić information content (AvgIpc) is 2.78. The predicted molar refractivity (Wildman–Crippen MR) is 63.4 cm³/mol. The SMILES string of the molecule is C[C@@H](CO)NC(=O)c1cnc2sccn2c1=O. The maximum atomic E-state index is 11.9. The second kappa shape index (κ2) is 4.64. The molecule has 7 heteroatoms. The summed E-state index contributed by atoms with van der Waals surface area (Å²) >= 11 is 1.32. The second-order valence-electron chi connectivity index (χ2n) is 3.59. The normalized spacial score (nSPS) is 12.6. The van der Waals surface area contributed by atoms with Crippen molar-refractivity contribution in [3.8, 4) is 0 Å². The van der Waals surface area contributed by atoms with Crippen molar-refractivity contribution in [1.29, 1.82) is 0 Å². The molecular formula is C10H11N3O3S. The van der Waals surface area contributed by atoms with Crippen LogP contribution in [0.25, 0.3) is 4.96 Å². The third-order valence-corrected chi connectivity index (χ3v) is 3.01. The third kappa shape index (κ3) is 2.20. The van der Waals surface area contributed by atoms with Crippen molar-refractivity contribution in [2.75, 3.05) is 6.61 Å². The van der Waals surface area contributed by atoms with Crippen molar-refractivity contribution >= 4 is 22.2 Å². The quantitative estimate of drug-likeness (QED) is 0.798. The highest BCUT2D eigenvalue weighted by molar-refractivity contribution is 7.15. The Morgan fingerprint density at radius 2 is 2.47 bits per heavy atom. The van der Waals surface area contributed by atoms with Crippen LogP contribution in [0.3, 0.4) is 0 Å². The Hall–Kier alpha value is -1.73. The Bertz CT molecular complexity index is 604. The highest BCUT2D eigenvalue weighted by Gasteiger charge is 2.15. The Labute approximate surface area is 101 Å². The van der Waals surface area contributed by atoms with Crippen LogP contribution in [0.1, 0.15) is 17.3 Å². The Balaban J connectivity index is 2.39. The van der Waals surface area contributed by atoms with E-state index in [1.807, 2.05) is 0 Å². The van der Waals surface area contributed by atoms with Gasteiger partial charge in [-0.2, -0.15) is 0 Å². The van der Waals surface area contributed by atoms with E-state index in [1.165, 1.54) is 21.9 Å². The van der Waals surface area contributed by atoms with Gasteiger partial charge < -0.3 is 10.4 Å². The Morgan fingerprint density at radius 1 is 1.71 bits per heavy atom. The van der Waals surface area contributed by atoms with Gasteiger partial charge in [0.1, 0.15) is 5.56 Å². The zero-order valence-electron chi connectivity index (χ0n) is 9.08. The van der Waals surface area contributed by atoms with Crippen LogP contribution in [0.15, 0.2) is 22.6 Å². The number of nitrogens with zero attached hydrogens (tertiary/aromatic N) is 2. The smallest absolute Gasteiger partial charge is 0.271 e. The molecule has 2 aromatic rings. The summed E-state index contributed by atoms with van der Waals surface area (Å²) in [4.78, 5) is 28.2. The third-order valence-electron chi connectivity index (χ3n) is 2.24. The maximum Gasteiger partial charge on any atom is 0.271 e. The number of thiazole rings is 1. The van der Waals surface area contributed by atoms with E-state index in [-0.39, 0.29) is 12.2 Å². The lowest BCUT2D eigenvalue weighted by Gasteiger charge is -2.09. The van der Waals surface area contributed by atoms with Gasteiger partial charge >= 0.3 is 0 Å². The molecule has 0 saturated heterocycles. The average molecular weight is 253 g/mol. The first-order valence-electron chi connectivity index (χ1n) is 5.00. The molecule has 6 nitrogen and oxygen atoms in total. The summed E-state index contributed by atoms with van der Waals surface area (Å²) in [5, 5.41) is 13.1. The summed E-state index contributed by atoms with van der Waals surface area (Å²) in [6.07, 6.45) is 2.83. The number of aliphatic hydroxyl groups is 1. The zero-order chi connectivity index (χ0) is 12.4. The first-order valence-corrected chi connectivity index (χ1v) is 5.88. The number of amides is 1. The highest BCUT2D eigenvalue weighted by atomic mass is 32.1. The molecule has 2 rings (SSSR count). The van der Waals surface area contributed by atoms with Crippen molar-refractivity contribution in [2.24, 2.45) is 0 Å². The van der Waals surface area contributed by atoms with E-state index in [4.69, 9.17) is 5.11 Å². The van der Waals surface area contributed by atoms with Crippen LogP contribution in [-0.4, -0.2) is 33.0 Å². The fourth-order valence-corrected chi connectivity index (χ4v) is 2.00. The van der Waals surface area contributed by atoms with Gasteiger partial charge in [0.2, 0.25) is 0 Å². The van der Waals surface area contributed by atoms with Crippen LogP contribution in [-0.2, 0) is 0 Å². The minimum absolute atomic E-state index is 0.0267. The van der Waals surface area contributed by atoms with Crippen LogP contribution >= 0.6 is 11.3 Å². The van der Waals surface area contributed by atoms with E-state index in [1.54, 1.807) is 18.5 Å². The van der Waals surface area contributed by atoms with Crippen LogP contribution < -0.4 is 10.9 Å². The number of aromatic nitrogens is 2. The predicted octanol–water partition coefficient (Wildman–Crippen LogP) is -0.133. The lowest BCUT2D eigenvalue weighted by molar-refractivity contribution is 0.0920. The molecule has 90 valence electrons. The Kier molecular flexibility index (Phi) is 3.21. The van der Waals surface area contributed by atoms with Gasteiger partial charge in [-0.1, -0.05) is 0 Å². The van der Waals surface area contributed by atoms with Crippen molar-refractivity contribution < 1.29 is 9.90 Å². The number of hydrogen-bond donors (Lipinski definition) is 2. The molecule has 0 saturated carbocycles. The van der Waals surface area contributed by atoms with Crippen LogP contribution in [0, 0.1) is 0 Å². The van der Waals surface area contributed by atoms with E-state index in [0.29, 0.717) is 4.96 Å². The summed E-state index contributed by atoms with van der Waals surface area (Å²) < 4.78 is 1.32. The molecule has 0 aliphatic rings. The van der Waals surface area contributed by atoms with Gasteiger partial charge in [0, 0.05) is 23.8 Å². The fourth-order valence-electron chi connectivity index (χ4n) is 1.33. The first-order chi connectivity index (χ1) is 8.13. The number of carbonyl (C=O) groups excluding carboxylic acids is 1. The van der Waals surface area contributed by atoms with E-state index >= 15 is 0 Å². The molecule has 2 aromatic heterocycles. The molecule has 0 fully saturated rings. The van der Waals surface area contributed by atoms with Crippen LogP contribution in [0.5, 0.6) is 0 Å². The molecule has 0 aromatic carbocycles. The van der Waals surface area contributed by atoms with Crippen molar-refractivity contribution in [1.82, 2.24) is 14.7 Å². The van der Waals surface area contributed by atoms with Gasteiger partial charge in [0.25, 0.3) is 11.5 Å². The second-order valence-corrected chi connectivity index (χ2v) is 4.46. The molecule has 0 radical (unpaired) electrons. The highest BCUT2D eigenvalue weighted by Crippen LogP contribution is 2.05. The van der Waals surface area contributed by atoms with Gasteiger partial charge in [-0.15, -0.1) is 11.3 Å². The number of rotatable bonds is 3. The van der Waals surface area contributed by atoms with Crippen molar-refractivity contribution in [3.05, 3.63) is 33.7 Å². The molecule has 2 N–H and O–H groups in total. The zero-order valence-corrected chi connectivity index (χ0v) is 9.90. The van der Waals surface area contributed by atoms with Gasteiger partial charge in [-0.25, -0.2) is 4.98 Å². The monoisotopic (exact) mass is 253 g/mol. The standard InChI is InChI=1S/C10H11N3O3S/c1-6(5-14)12-8(15)7-4-11-10-13(9(7)16)2-3-17-10/h2-4,6,14H,5H2,1H3,(H,12,15)/t6-/m0/s1. The molecule has 2 heterocycles. The molecule has 0 unspecified atom stereocenters. The summed E-state index contributed by atoms with van der Waals surface area (Å²) in [6.45, 7) is 1.47.